The van der Waals surface area contributed by atoms with Crippen molar-refractivity contribution in [1.82, 2.24) is 5.32 Å². The van der Waals surface area contributed by atoms with E-state index >= 15 is 0 Å². The molecule has 178 valence electrons. The van der Waals surface area contributed by atoms with E-state index in [1.165, 1.54) is 17.0 Å². The Labute approximate surface area is 207 Å². The summed E-state index contributed by atoms with van der Waals surface area (Å²) in [7, 11) is 1.58. The third-order valence-corrected chi connectivity index (χ3v) is 7.58. The maximum absolute atomic E-state index is 13.8. The fraction of sp³-hybridized carbons (Fsp3) is 0.214. The van der Waals surface area contributed by atoms with E-state index in [4.69, 9.17) is 4.74 Å². The standard InChI is InChI=1S/C28H25FN2O3S/c1-16-25(28(33)31-19-8-5-7-18(29)15-19)26(20-9-3-4-10-23(20)34-2)27-21(30-16)13-17(14-22(27)32)24-11-6-12-35-24/h3-12,15,17,26,30H,13-14H2,1-2H3,(H,31,33)/t17-,26+/m1/s1. The van der Waals surface area contributed by atoms with Gasteiger partial charge in [0.15, 0.2) is 5.78 Å². The highest BCUT2D eigenvalue weighted by atomic mass is 32.1. The molecule has 0 bridgehead atoms. The van der Waals surface area contributed by atoms with Crippen LogP contribution in [-0.2, 0) is 9.59 Å². The molecular formula is C28H25FN2O3S. The van der Waals surface area contributed by atoms with Crippen molar-refractivity contribution in [3.63, 3.8) is 0 Å². The number of halogens is 1. The molecule has 0 unspecified atom stereocenters. The summed E-state index contributed by atoms with van der Waals surface area (Å²) < 4.78 is 19.4. The molecule has 0 radical (unpaired) electrons. The molecule has 2 heterocycles. The number of allylic oxidation sites excluding steroid dienone is 3. The van der Waals surface area contributed by atoms with E-state index in [0.29, 0.717) is 41.1 Å². The minimum absolute atomic E-state index is 0.0108. The lowest BCUT2D eigenvalue weighted by Gasteiger charge is -2.37. The normalized spacial score (nSPS) is 19.8. The molecule has 35 heavy (non-hydrogen) atoms. The number of carbonyl (C=O) groups excluding carboxylic acids is 2. The molecule has 2 atom stereocenters. The van der Waals surface area contributed by atoms with Crippen molar-refractivity contribution in [1.29, 1.82) is 0 Å². The van der Waals surface area contributed by atoms with Crippen LogP contribution in [-0.4, -0.2) is 18.8 Å². The number of carbonyl (C=O) groups is 2. The van der Waals surface area contributed by atoms with Gasteiger partial charge in [-0.3, -0.25) is 9.59 Å². The van der Waals surface area contributed by atoms with E-state index in [-0.39, 0.29) is 11.7 Å². The number of anilines is 1. The van der Waals surface area contributed by atoms with Crippen LogP contribution in [0.2, 0.25) is 0 Å². The third-order valence-electron chi connectivity index (χ3n) is 6.55. The summed E-state index contributed by atoms with van der Waals surface area (Å²) in [6.07, 6.45) is 1.06. The summed E-state index contributed by atoms with van der Waals surface area (Å²) in [6, 6.07) is 17.3. The molecule has 2 N–H and O–H groups in total. The predicted octanol–water partition coefficient (Wildman–Crippen LogP) is 5.90. The van der Waals surface area contributed by atoms with E-state index in [0.717, 1.165) is 11.3 Å². The number of dihydropyridines is 1. The first-order valence-corrected chi connectivity index (χ1v) is 12.3. The average molecular weight is 489 g/mol. The van der Waals surface area contributed by atoms with Gasteiger partial charge in [0.25, 0.3) is 5.91 Å². The van der Waals surface area contributed by atoms with Gasteiger partial charge >= 0.3 is 0 Å². The number of hydrogen-bond acceptors (Lipinski definition) is 5. The molecule has 5 rings (SSSR count). The SMILES string of the molecule is COc1ccccc1[C@H]1C(C(=O)Nc2cccc(F)c2)=C(C)NC2=C1C(=O)C[C@H](c1cccs1)C2. The lowest BCUT2D eigenvalue weighted by atomic mass is 9.72. The smallest absolute Gasteiger partial charge is 0.254 e. The quantitative estimate of drug-likeness (QED) is 0.470. The molecule has 7 heteroatoms. The summed E-state index contributed by atoms with van der Waals surface area (Å²) in [5.74, 6) is -0.727. The molecule has 0 spiro atoms. The molecule has 2 aliphatic rings. The summed E-state index contributed by atoms with van der Waals surface area (Å²) in [6.45, 7) is 1.84. The highest BCUT2D eigenvalue weighted by molar-refractivity contribution is 7.10. The van der Waals surface area contributed by atoms with Crippen LogP contribution in [0.4, 0.5) is 10.1 Å². The molecule has 0 saturated heterocycles. The van der Waals surface area contributed by atoms with Crippen molar-refractivity contribution < 1.29 is 18.7 Å². The van der Waals surface area contributed by atoms with Crippen LogP contribution in [0.5, 0.6) is 5.75 Å². The van der Waals surface area contributed by atoms with E-state index in [1.807, 2.05) is 42.6 Å². The van der Waals surface area contributed by atoms with Crippen LogP contribution < -0.4 is 15.4 Å². The van der Waals surface area contributed by atoms with Gasteiger partial charge in [-0.1, -0.05) is 30.3 Å². The van der Waals surface area contributed by atoms with Gasteiger partial charge in [-0.15, -0.1) is 11.3 Å². The van der Waals surface area contributed by atoms with Crippen LogP contribution in [0.1, 0.15) is 42.0 Å². The molecule has 1 aromatic heterocycles. The number of nitrogens with one attached hydrogen (secondary N) is 2. The number of Topliss-reactive ketones (excluding diaryl/α,β-unsaturated/α-hetero) is 1. The number of methoxy groups -OCH3 is 1. The zero-order valence-electron chi connectivity index (χ0n) is 19.4. The second-order valence-electron chi connectivity index (χ2n) is 8.74. The van der Waals surface area contributed by atoms with Crippen molar-refractivity contribution in [3.05, 3.63) is 105 Å². The number of amides is 1. The van der Waals surface area contributed by atoms with Gasteiger partial charge in [0.1, 0.15) is 11.6 Å². The van der Waals surface area contributed by atoms with Crippen LogP contribution in [0.15, 0.2) is 88.6 Å². The Hall–Kier alpha value is -3.71. The van der Waals surface area contributed by atoms with E-state index < -0.39 is 17.6 Å². The van der Waals surface area contributed by atoms with Crippen molar-refractivity contribution in [2.45, 2.75) is 31.6 Å². The van der Waals surface area contributed by atoms with E-state index in [1.54, 1.807) is 30.6 Å². The Bertz CT molecular complexity index is 1360. The Morgan fingerprint density at radius 3 is 2.69 bits per heavy atom. The Morgan fingerprint density at radius 1 is 1.11 bits per heavy atom. The van der Waals surface area contributed by atoms with Gasteiger partial charge in [0, 0.05) is 51.0 Å². The first-order valence-electron chi connectivity index (χ1n) is 11.4. The lowest BCUT2D eigenvalue weighted by molar-refractivity contribution is -0.116. The maximum atomic E-state index is 13.8. The summed E-state index contributed by atoms with van der Waals surface area (Å²) in [5.41, 5.74) is 3.61. The largest absolute Gasteiger partial charge is 0.496 e. The van der Waals surface area contributed by atoms with Crippen LogP contribution in [0, 0.1) is 5.82 Å². The number of thiophene rings is 1. The van der Waals surface area contributed by atoms with E-state index in [9.17, 15) is 14.0 Å². The molecule has 1 amide bonds. The van der Waals surface area contributed by atoms with Crippen molar-refractivity contribution in [2.75, 3.05) is 12.4 Å². The first-order chi connectivity index (χ1) is 17.0. The van der Waals surface area contributed by atoms with Crippen molar-refractivity contribution >= 4 is 28.7 Å². The Kier molecular flexibility index (Phi) is 6.26. The Morgan fingerprint density at radius 2 is 1.94 bits per heavy atom. The molecule has 3 aromatic rings. The van der Waals surface area contributed by atoms with Crippen LogP contribution >= 0.6 is 11.3 Å². The molecular weight excluding hydrogens is 463 g/mol. The summed E-state index contributed by atoms with van der Waals surface area (Å²) >= 11 is 1.65. The number of rotatable bonds is 5. The lowest BCUT2D eigenvalue weighted by Crippen LogP contribution is -2.37. The van der Waals surface area contributed by atoms with Gasteiger partial charge in [-0.05, 0) is 49.1 Å². The van der Waals surface area contributed by atoms with Gasteiger partial charge in [0.05, 0.1) is 13.0 Å². The molecule has 2 aromatic carbocycles. The van der Waals surface area contributed by atoms with E-state index in [2.05, 4.69) is 16.7 Å². The third kappa shape index (κ3) is 4.39. The number of ketones is 1. The molecule has 0 fully saturated rings. The van der Waals surface area contributed by atoms with Crippen LogP contribution in [0.25, 0.3) is 0 Å². The van der Waals surface area contributed by atoms with Gasteiger partial charge in [0.2, 0.25) is 0 Å². The second-order valence-corrected chi connectivity index (χ2v) is 9.72. The van der Waals surface area contributed by atoms with Gasteiger partial charge in [-0.25, -0.2) is 4.39 Å². The first kappa shape index (κ1) is 23.1. The molecule has 5 nitrogen and oxygen atoms in total. The zero-order chi connectivity index (χ0) is 24.5. The predicted molar refractivity (Wildman–Crippen MR) is 135 cm³/mol. The minimum atomic E-state index is -0.604. The topological polar surface area (TPSA) is 67.4 Å². The number of benzene rings is 2. The maximum Gasteiger partial charge on any atom is 0.254 e. The molecule has 1 aliphatic heterocycles. The fourth-order valence-corrected chi connectivity index (χ4v) is 5.88. The van der Waals surface area contributed by atoms with Gasteiger partial charge < -0.3 is 15.4 Å². The second kappa shape index (κ2) is 9.50. The van der Waals surface area contributed by atoms with Crippen LogP contribution in [0.3, 0.4) is 0 Å². The fourth-order valence-electron chi connectivity index (χ4n) is 5.05. The molecule has 1 aliphatic carbocycles. The minimum Gasteiger partial charge on any atom is -0.496 e. The van der Waals surface area contributed by atoms with Crippen molar-refractivity contribution in [3.8, 4) is 5.75 Å². The summed E-state index contributed by atoms with van der Waals surface area (Å²) in [4.78, 5) is 28.4. The van der Waals surface area contributed by atoms with Crippen molar-refractivity contribution in [2.24, 2.45) is 0 Å². The molecule has 0 saturated carbocycles. The number of para-hydroxylation sites is 1. The van der Waals surface area contributed by atoms with Gasteiger partial charge in [-0.2, -0.15) is 0 Å². The number of hydrogen-bond donors (Lipinski definition) is 2. The highest BCUT2D eigenvalue weighted by Gasteiger charge is 2.42. The summed E-state index contributed by atoms with van der Waals surface area (Å²) in [5, 5.41) is 8.21. The average Bonchev–Trinajstić information content (AvgIpc) is 3.38. The Balaban J connectivity index is 1.60. The highest BCUT2D eigenvalue weighted by Crippen LogP contribution is 2.48. The number of ether oxygens (including phenoxy) is 1. The zero-order valence-corrected chi connectivity index (χ0v) is 20.2. The monoisotopic (exact) mass is 488 g/mol.